The Labute approximate surface area is 95.2 Å². The molecule has 0 rings (SSSR count). The third-order valence-corrected chi connectivity index (χ3v) is 2.02. The lowest BCUT2D eigenvalue weighted by molar-refractivity contribution is -0.131. The molecule has 0 saturated carbocycles. The molecule has 0 heterocycles. The molecule has 0 fully saturated rings. The zero-order valence-electron chi connectivity index (χ0n) is 9.35. The molecule has 0 aliphatic carbocycles. The Kier molecular flexibility index (Phi) is 7.78. The molecule has 0 aliphatic rings. The Hall–Kier alpha value is -1.63. The minimum absolute atomic E-state index is 0.107. The number of rotatable bonds is 7. The van der Waals surface area contributed by atoms with Gasteiger partial charge in [-0.15, -0.1) is 0 Å². The smallest absolute Gasteiger partial charge is 0.241 e. The van der Waals surface area contributed by atoms with Crippen molar-refractivity contribution in [2.45, 2.75) is 18.9 Å². The number of nitrogens with zero attached hydrogens (tertiary/aromatic N) is 3. The fraction of sp³-hybridized carbons (Fsp3) is 0.700. The van der Waals surface area contributed by atoms with Gasteiger partial charge in [0.15, 0.2) is 0 Å². The van der Waals surface area contributed by atoms with Crippen LogP contribution in [0, 0.1) is 22.7 Å². The first-order valence-corrected chi connectivity index (χ1v) is 4.94. The summed E-state index contributed by atoms with van der Waals surface area (Å²) in [6.45, 7) is 0.326. The molecule has 0 radical (unpaired) electrons. The van der Waals surface area contributed by atoms with Crippen molar-refractivity contribution < 1.29 is 9.53 Å². The summed E-state index contributed by atoms with van der Waals surface area (Å²) >= 11 is 0. The first-order valence-electron chi connectivity index (χ1n) is 4.94. The van der Waals surface area contributed by atoms with Gasteiger partial charge in [0, 0.05) is 13.7 Å². The van der Waals surface area contributed by atoms with Gasteiger partial charge in [0.25, 0.3) is 0 Å². The van der Waals surface area contributed by atoms with Gasteiger partial charge in [-0.25, -0.2) is 0 Å². The van der Waals surface area contributed by atoms with E-state index in [1.54, 1.807) is 7.11 Å². The topological polar surface area (TPSA) is 103 Å². The highest BCUT2D eigenvalue weighted by Crippen LogP contribution is 2.00. The molecule has 0 aromatic heterocycles. The lowest BCUT2D eigenvalue weighted by atomic mass is 10.1. The van der Waals surface area contributed by atoms with Crippen molar-refractivity contribution in [2.24, 2.45) is 5.73 Å². The summed E-state index contributed by atoms with van der Waals surface area (Å²) in [6.07, 6.45) is 1.16. The van der Waals surface area contributed by atoms with Gasteiger partial charge < -0.3 is 15.4 Å². The zero-order chi connectivity index (χ0) is 12.4. The number of nitriles is 2. The lowest BCUT2D eigenvalue weighted by Crippen LogP contribution is -2.44. The van der Waals surface area contributed by atoms with Crippen molar-refractivity contribution in [1.82, 2.24) is 4.90 Å². The van der Waals surface area contributed by atoms with Gasteiger partial charge in [-0.05, 0) is 12.8 Å². The second-order valence-corrected chi connectivity index (χ2v) is 3.25. The van der Waals surface area contributed by atoms with Crippen molar-refractivity contribution in [3.63, 3.8) is 0 Å². The highest BCUT2D eigenvalue weighted by molar-refractivity contribution is 5.82. The summed E-state index contributed by atoms with van der Waals surface area (Å²) < 4.78 is 4.84. The van der Waals surface area contributed by atoms with Crippen LogP contribution in [0.25, 0.3) is 0 Å². The van der Waals surface area contributed by atoms with Crippen LogP contribution >= 0.6 is 0 Å². The van der Waals surface area contributed by atoms with Gasteiger partial charge >= 0.3 is 0 Å². The number of hydrogen-bond donors (Lipinski definition) is 1. The van der Waals surface area contributed by atoms with E-state index in [-0.39, 0.29) is 19.0 Å². The molecule has 0 bridgehead atoms. The van der Waals surface area contributed by atoms with Gasteiger partial charge in [0.1, 0.15) is 13.1 Å². The molecular weight excluding hydrogens is 208 g/mol. The Morgan fingerprint density at radius 3 is 2.44 bits per heavy atom. The van der Waals surface area contributed by atoms with E-state index in [2.05, 4.69) is 0 Å². The lowest BCUT2D eigenvalue weighted by Gasteiger charge is -2.20. The summed E-state index contributed by atoms with van der Waals surface area (Å²) in [5, 5.41) is 17.0. The van der Waals surface area contributed by atoms with Gasteiger partial charge in [0.2, 0.25) is 5.91 Å². The second-order valence-electron chi connectivity index (χ2n) is 3.25. The second kappa shape index (κ2) is 8.66. The Bertz CT molecular complexity index is 276. The quantitative estimate of drug-likeness (QED) is 0.469. The molecule has 1 amide bonds. The largest absolute Gasteiger partial charge is 0.385 e. The highest BCUT2D eigenvalue weighted by atomic mass is 16.5. The fourth-order valence-corrected chi connectivity index (χ4v) is 1.19. The predicted molar refractivity (Wildman–Crippen MR) is 56.9 cm³/mol. The Balaban J connectivity index is 4.16. The maximum absolute atomic E-state index is 11.7. The normalized spacial score (nSPS) is 11.2. The van der Waals surface area contributed by atoms with Crippen molar-refractivity contribution in [2.75, 3.05) is 26.8 Å². The SMILES string of the molecule is COCCCC(N)C(=O)N(CC#N)CC#N. The van der Waals surface area contributed by atoms with Gasteiger partial charge in [-0.1, -0.05) is 0 Å². The van der Waals surface area contributed by atoms with Crippen molar-refractivity contribution in [3.8, 4) is 12.1 Å². The molecule has 0 aromatic carbocycles. The van der Waals surface area contributed by atoms with Crippen LogP contribution in [0.5, 0.6) is 0 Å². The zero-order valence-corrected chi connectivity index (χ0v) is 9.35. The molecule has 1 unspecified atom stereocenters. The van der Waals surface area contributed by atoms with Crippen LogP contribution in [-0.4, -0.2) is 43.7 Å². The molecule has 88 valence electrons. The van der Waals surface area contributed by atoms with Crippen molar-refractivity contribution >= 4 is 5.91 Å². The first-order chi connectivity index (χ1) is 7.67. The third kappa shape index (κ3) is 5.30. The standard InChI is InChI=1S/C10H16N4O2/c1-16-8-2-3-9(13)10(15)14(6-4-11)7-5-12/h9H,2-3,6-8,13H2,1H3. The van der Waals surface area contributed by atoms with Gasteiger partial charge in [-0.3, -0.25) is 4.79 Å². The summed E-state index contributed by atoms with van der Waals surface area (Å²) in [5.41, 5.74) is 5.65. The van der Waals surface area contributed by atoms with Crippen LogP contribution in [0.3, 0.4) is 0 Å². The van der Waals surface area contributed by atoms with E-state index < -0.39 is 6.04 Å². The molecule has 0 aromatic rings. The van der Waals surface area contributed by atoms with Crippen molar-refractivity contribution in [3.05, 3.63) is 0 Å². The number of methoxy groups -OCH3 is 1. The van der Waals surface area contributed by atoms with Crippen LogP contribution in [0.15, 0.2) is 0 Å². The van der Waals surface area contributed by atoms with E-state index >= 15 is 0 Å². The molecule has 1 atom stereocenters. The molecule has 0 saturated heterocycles. The number of carbonyl (C=O) groups is 1. The third-order valence-electron chi connectivity index (χ3n) is 2.02. The first kappa shape index (κ1) is 14.4. The van der Waals surface area contributed by atoms with Crippen LogP contribution < -0.4 is 5.73 Å². The van der Waals surface area contributed by atoms with E-state index in [0.29, 0.717) is 19.4 Å². The summed E-state index contributed by atoms with van der Waals surface area (Å²) in [4.78, 5) is 12.8. The van der Waals surface area contributed by atoms with Crippen molar-refractivity contribution in [1.29, 1.82) is 10.5 Å². The number of nitrogens with two attached hydrogens (primary N) is 1. The molecule has 2 N–H and O–H groups in total. The van der Waals surface area contributed by atoms with Crippen LogP contribution in [0.2, 0.25) is 0 Å². The maximum Gasteiger partial charge on any atom is 0.241 e. The molecule has 0 spiro atoms. The molecule has 6 nitrogen and oxygen atoms in total. The highest BCUT2D eigenvalue weighted by Gasteiger charge is 2.19. The average Bonchev–Trinajstić information content (AvgIpc) is 2.28. The molecule has 16 heavy (non-hydrogen) atoms. The summed E-state index contributed by atoms with van der Waals surface area (Å²) in [7, 11) is 1.57. The molecular formula is C10H16N4O2. The summed E-state index contributed by atoms with van der Waals surface area (Å²) in [5.74, 6) is -0.362. The van der Waals surface area contributed by atoms with E-state index in [1.807, 2.05) is 12.1 Å². The minimum atomic E-state index is -0.670. The fourth-order valence-electron chi connectivity index (χ4n) is 1.19. The monoisotopic (exact) mass is 224 g/mol. The number of ether oxygens (including phenoxy) is 1. The van der Waals surface area contributed by atoms with E-state index in [4.69, 9.17) is 21.0 Å². The maximum atomic E-state index is 11.7. The van der Waals surface area contributed by atoms with E-state index in [0.717, 1.165) is 4.90 Å². The van der Waals surface area contributed by atoms with E-state index in [9.17, 15) is 4.79 Å². The Morgan fingerprint density at radius 2 is 2.00 bits per heavy atom. The van der Waals surface area contributed by atoms with E-state index in [1.165, 1.54) is 0 Å². The van der Waals surface area contributed by atoms with Crippen LogP contribution in [0.1, 0.15) is 12.8 Å². The van der Waals surface area contributed by atoms with Gasteiger partial charge in [-0.2, -0.15) is 10.5 Å². The van der Waals surface area contributed by atoms with Crippen LogP contribution in [-0.2, 0) is 9.53 Å². The number of carbonyl (C=O) groups excluding carboxylic acids is 1. The molecule has 0 aliphatic heterocycles. The predicted octanol–water partition coefficient (Wildman–Crippen LogP) is -0.384. The average molecular weight is 224 g/mol. The number of hydrogen-bond acceptors (Lipinski definition) is 5. The minimum Gasteiger partial charge on any atom is -0.385 e. The Morgan fingerprint density at radius 1 is 1.44 bits per heavy atom. The summed E-state index contributed by atoms with van der Waals surface area (Å²) in [6, 6.07) is 2.99. The molecule has 6 heteroatoms. The number of amides is 1. The van der Waals surface area contributed by atoms with Gasteiger partial charge in [0.05, 0.1) is 18.2 Å². The van der Waals surface area contributed by atoms with Crippen LogP contribution in [0.4, 0.5) is 0 Å².